The van der Waals surface area contributed by atoms with E-state index in [1.807, 2.05) is 45.0 Å². The van der Waals surface area contributed by atoms with E-state index in [0.717, 1.165) is 16.9 Å². The molecule has 6 nitrogen and oxygen atoms in total. The molecule has 2 rings (SSSR count). The van der Waals surface area contributed by atoms with E-state index in [9.17, 15) is 9.59 Å². The molecule has 1 aromatic carbocycles. The summed E-state index contributed by atoms with van der Waals surface area (Å²) in [4.78, 5) is 28.0. The number of aryl methyl sites for hydroxylation is 1. The number of carbonyl (C=O) groups excluding carboxylic acids is 2. The molecular formula is C17H24N4O2. The molecule has 2 aromatic rings. The van der Waals surface area contributed by atoms with E-state index < -0.39 is 6.04 Å². The van der Waals surface area contributed by atoms with Gasteiger partial charge in [0.15, 0.2) is 0 Å². The van der Waals surface area contributed by atoms with Crippen molar-refractivity contribution in [1.29, 1.82) is 0 Å². The Kier molecular flexibility index (Phi) is 5.36. The molecule has 0 aliphatic carbocycles. The monoisotopic (exact) mass is 316 g/mol. The topological polar surface area (TPSA) is 76.0 Å². The van der Waals surface area contributed by atoms with Crippen LogP contribution in [0.15, 0.2) is 24.3 Å². The molecule has 1 heterocycles. The van der Waals surface area contributed by atoms with Crippen LogP contribution in [-0.4, -0.2) is 34.0 Å². The van der Waals surface area contributed by atoms with Crippen molar-refractivity contribution >= 4 is 22.8 Å². The SMILES string of the molecule is CC(=O)N[C@H](C(=O)NCCn1c(C)nc2ccccc21)C(C)C. The van der Waals surface area contributed by atoms with Crippen LogP contribution >= 0.6 is 0 Å². The van der Waals surface area contributed by atoms with Gasteiger partial charge >= 0.3 is 0 Å². The highest BCUT2D eigenvalue weighted by atomic mass is 16.2. The van der Waals surface area contributed by atoms with E-state index in [1.165, 1.54) is 6.92 Å². The van der Waals surface area contributed by atoms with Gasteiger partial charge < -0.3 is 15.2 Å². The summed E-state index contributed by atoms with van der Waals surface area (Å²) in [5, 5.41) is 5.59. The predicted molar refractivity (Wildman–Crippen MR) is 89.9 cm³/mol. The molecule has 6 heteroatoms. The van der Waals surface area contributed by atoms with Crippen LogP contribution in [0.5, 0.6) is 0 Å². The number of nitrogens with one attached hydrogen (secondary N) is 2. The van der Waals surface area contributed by atoms with E-state index in [-0.39, 0.29) is 17.7 Å². The maximum Gasteiger partial charge on any atom is 0.242 e. The quantitative estimate of drug-likeness (QED) is 0.850. The van der Waals surface area contributed by atoms with Crippen molar-refractivity contribution in [1.82, 2.24) is 20.2 Å². The first-order chi connectivity index (χ1) is 10.9. The number of rotatable bonds is 6. The zero-order valence-electron chi connectivity index (χ0n) is 14.1. The molecule has 0 spiro atoms. The van der Waals surface area contributed by atoms with Crippen molar-refractivity contribution in [3.05, 3.63) is 30.1 Å². The van der Waals surface area contributed by atoms with Crippen LogP contribution in [0.3, 0.4) is 0 Å². The van der Waals surface area contributed by atoms with Crippen LogP contribution in [0.1, 0.15) is 26.6 Å². The fourth-order valence-corrected chi connectivity index (χ4v) is 2.63. The third-order valence-electron chi connectivity index (χ3n) is 3.79. The average molecular weight is 316 g/mol. The molecule has 23 heavy (non-hydrogen) atoms. The van der Waals surface area contributed by atoms with E-state index in [1.54, 1.807) is 0 Å². The van der Waals surface area contributed by atoms with Gasteiger partial charge in [-0.1, -0.05) is 26.0 Å². The van der Waals surface area contributed by atoms with Gasteiger partial charge in [-0.15, -0.1) is 0 Å². The Morgan fingerprint density at radius 2 is 1.96 bits per heavy atom. The second kappa shape index (κ2) is 7.26. The van der Waals surface area contributed by atoms with Crippen molar-refractivity contribution in [2.24, 2.45) is 5.92 Å². The molecule has 0 saturated heterocycles. The van der Waals surface area contributed by atoms with Crippen LogP contribution in [0.25, 0.3) is 11.0 Å². The van der Waals surface area contributed by atoms with Crippen LogP contribution in [0.2, 0.25) is 0 Å². The van der Waals surface area contributed by atoms with Crippen molar-refractivity contribution in [3.8, 4) is 0 Å². The number of nitrogens with zero attached hydrogens (tertiary/aromatic N) is 2. The van der Waals surface area contributed by atoms with Crippen molar-refractivity contribution in [2.75, 3.05) is 6.54 Å². The number of para-hydroxylation sites is 2. The zero-order valence-corrected chi connectivity index (χ0v) is 14.1. The molecule has 0 unspecified atom stereocenters. The number of fused-ring (bicyclic) bond motifs is 1. The van der Waals surface area contributed by atoms with E-state index in [0.29, 0.717) is 13.1 Å². The Bertz CT molecular complexity index is 706. The minimum absolute atomic E-state index is 0.0368. The minimum Gasteiger partial charge on any atom is -0.353 e. The third-order valence-corrected chi connectivity index (χ3v) is 3.79. The van der Waals surface area contributed by atoms with E-state index in [2.05, 4.69) is 20.2 Å². The predicted octanol–water partition coefficient (Wildman–Crippen LogP) is 1.62. The highest BCUT2D eigenvalue weighted by molar-refractivity contribution is 5.87. The summed E-state index contributed by atoms with van der Waals surface area (Å²) >= 11 is 0. The Morgan fingerprint density at radius 3 is 2.61 bits per heavy atom. The number of aromatic nitrogens is 2. The van der Waals surface area contributed by atoms with Gasteiger partial charge in [0.25, 0.3) is 0 Å². The Hall–Kier alpha value is -2.37. The molecule has 124 valence electrons. The van der Waals surface area contributed by atoms with Crippen molar-refractivity contribution in [2.45, 2.75) is 40.3 Å². The summed E-state index contributed by atoms with van der Waals surface area (Å²) in [5.74, 6) is 0.602. The first-order valence-electron chi connectivity index (χ1n) is 7.87. The van der Waals surface area contributed by atoms with Gasteiger partial charge in [-0.3, -0.25) is 9.59 Å². The van der Waals surface area contributed by atoms with Gasteiger partial charge in [-0.25, -0.2) is 4.98 Å². The highest BCUT2D eigenvalue weighted by Gasteiger charge is 2.22. The fourth-order valence-electron chi connectivity index (χ4n) is 2.63. The number of imidazole rings is 1. The Labute approximate surface area is 136 Å². The maximum absolute atomic E-state index is 12.2. The van der Waals surface area contributed by atoms with Crippen LogP contribution < -0.4 is 10.6 Å². The molecule has 0 radical (unpaired) electrons. The largest absolute Gasteiger partial charge is 0.353 e. The van der Waals surface area contributed by atoms with Crippen molar-refractivity contribution in [3.63, 3.8) is 0 Å². The molecule has 0 saturated carbocycles. The second-order valence-electron chi connectivity index (χ2n) is 6.01. The lowest BCUT2D eigenvalue weighted by atomic mass is 10.0. The van der Waals surface area contributed by atoms with Crippen LogP contribution in [-0.2, 0) is 16.1 Å². The fraction of sp³-hybridized carbons (Fsp3) is 0.471. The van der Waals surface area contributed by atoms with Gasteiger partial charge in [-0.2, -0.15) is 0 Å². The second-order valence-corrected chi connectivity index (χ2v) is 6.01. The molecular weight excluding hydrogens is 292 g/mol. The van der Waals surface area contributed by atoms with Gasteiger partial charge in [0.2, 0.25) is 11.8 Å². The summed E-state index contributed by atoms with van der Waals surface area (Å²) in [7, 11) is 0. The van der Waals surface area contributed by atoms with E-state index in [4.69, 9.17) is 0 Å². The summed E-state index contributed by atoms with van der Waals surface area (Å²) in [6.45, 7) is 8.33. The lowest BCUT2D eigenvalue weighted by Gasteiger charge is -2.21. The lowest BCUT2D eigenvalue weighted by Crippen LogP contribution is -2.49. The summed E-state index contributed by atoms with van der Waals surface area (Å²) < 4.78 is 2.08. The third kappa shape index (κ3) is 4.09. The minimum atomic E-state index is -0.506. The van der Waals surface area contributed by atoms with Gasteiger partial charge in [0.1, 0.15) is 11.9 Å². The molecule has 1 atom stereocenters. The summed E-state index contributed by atoms with van der Waals surface area (Å²) in [6, 6.07) is 7.42. The first kappa shape index (κ1) is 17.0. The van der Waals surface area contributed by atoms with Crippen molar-refractivity contribution < 1.29 is 9.59 Å². The van der Waals surface area contributed by atoms with E-state index >= 15 is 0 Å². The molecule has 2 N–H and O–H groups in total. The normalized spacial score (nSPS) is 12.4. The summed E-state index contributed by atoms with van der Waals surface area (Å²) in [6.07, 6.45) is 0. The summed E-state index contributed by atoms with van der Waals surface area (Å²) in [5.41, 5.74) is 2.01. The molecule has 2 amide bonds. The zero-order chi connectivity index (χ0) is 17.0. The maximum atomic E-state index is 12.2. The number of benzene rings is 1. The first-order valence-corrected chi connectivity index (χ1v) is 7.87. The highest BCUT2D eigenvalue weighted by Crippen LogP contribution is 2.14. The van der Waals surface area contributed by atoms with Crippen LogP contribution in [0.4, 0.5) is 0 Å². The molecule has 0 bridgehead atoms. The molecule has 0 aliphatic rings. The van der Waals surface area contributed by atoms with Crippen LogP contribution in [0, 0.1) is 12.8 Å². The average Bonchev–Trinajstić information content (AvgIpc) is 2.80. The molecule has 0 aliphatic heterocycles. The van der Waals surface area contributed by atoms with Gasteiger partial charge in [0, 0.05) is 20.0 Å². The Balaban J connectivity index is 1.99. The van der Waals surface area contributed by atoms with Gasteiger partial charge in [0.05, 0.1) is 11.0 Å². The Morgan fingerprint density at radius 1 is 1.26 bits per heavy atom. The number of hydrogen-bond acceptors (Lipinski definition) is 3. The lowest BCUT2D eigenvalue weighted by molar-refractivity contribution is -0.129. The molecule has 0 fully saturated rings. The number of amides is 2. The smallest absolute Gasteiger partial charge is 0.242 e. The standard InChI is InChI=1S/C17H24N4O2/c1-11(2)16(20-13(4)22)17(23)18-9-10-21-12(3)19-14-7-5-6-8-15(14)21/h5-8,11,16H,9-10H2,1-4H3,(H,18,23)(H,20,22)/t16-/m0/s1. The molecule has 1 aromatic heterocycles. The van der Waals surface area contributed by atoms with Gasteiger partial charge in [-0.05, 0) is 25.0 Å². The number of carbonyl (C=O) groups is 2. The number of hydrogen-bond donors (Lipinski definition) is 2.